The van der Waals surface area contributed by atoms with Crippen LogP contribution in [0.3, 0.4) is 0 Å². The maximum absolute atomic E-state index is 12.9. The van der Waals surface area contributed by atoms with Crippen molar-refractivity contribution in [1.29, 1.82) is 0 Å². The quantitative estimate of drug-likeness (QED) is 0.852. The van der Waals surface area contributed by atoms with Crippen molar-refractivity contribution in [2.75, 3.05) is 0 Å². The van der Waals surface area contributed by atoms with Crippen molar-refractivity contribution in [2.24, 2.45) is 5.92 Å². The largest absolute Gasteiger partial charge is 0.480 e. The van der Waals surface area contributed by atoms with Gasteiger partial charge in [0.25, 0.3) is 0 Å². The minimum atomic E-state index is -0.833. The van der Waals surface area contributed by atoms with Crippen molar-refractivity contribution in [3.05, 3.63) is 34.6 Å². The fraction of sp³-hybridized carbons (Fsp3) is 0.417. The van der Waals surface area contributed by atoms with Gasteiger partial charge in [-0.3, -0.25) is 4.79 Å². The van der Waals surface area contributed by atoms with Crippen LogP contribution in [0.2, 0.25) is 5.02 Å². The highest BCUT2D eigenvalue weighted by molar-refractivity contribution is 6.30. The lowest BCUT2D eigenvalue weighted by atomic mass is 10.1. The van der Waals surface area contributed by atoms with E-state index in [1.54, 1.807) is 6.07 Å². The number of benzene rings is 1. The number of carbonyl (C=O) groups is 1. The molecule has 3 nitrogen and oxygen atoms in total. The molecule has 1 atom stereocenters. The Labute approximate surface area is 104 Å². The van der Waals surface area contributed by atoms with Gasteiger partial charge < -0.3 is 10.4 Å². The summed E-state index contributed by atoms with van der Waals surface area (Å²) in [5.74, 6) is -1.07. The molecular formula is C12H13ClFNO2. The van der Waals surface area contributed by atoms with Crippen LogP contribution in [-0.4, -0.2) is 17.1 Å². The number of carboxylic acid groups (broad SMARTS) is 1. The van der Waals surface area contributed by atoms with Crippen molar-refractivity contribution < 1.29 is 14.3 Å². The van der Waals surface area contributed by atoms with Crippen LogP contribution in [0.4, 0.5) is 4.39 Å². The van der Waals surface area contributed by atoms with Crippen LogP contribution in [0.1, 0.15) is 18.4 Å². The summed E-state index contributed by atoms with van der Waals surface area (Å²) >= 11 is 5.65. The van der Waals surface area contributed by atoms with E-state index in [2.05, 4.69) is 5.32 Å². The maximum Gasteiger partial charge on any atom is 0.320 e. The average molecular weight is 258 g/mol. The maximum atomic E-state index is 12.9. The summed E-state index contributed by atoms with van der Waals surface area (Å²) in [7, 11) is 0. The van der Waals surface area contributed by atoms with E-state index >= 15 is 0 Å². The van der Waals surface area contributed by atoms with Gasteiger partial charge >= 0.3 is 5.97 Å². The first-order valence-corrected chi connectivity index (χ1v) is 5.86. The molecule has 0 bridgehead atoms. The smallest absolute Gasteiger partial charge is 0.320 e. The third-order valence-corrected chi connectivity index (χ3v) is 3.16. The van der Waals surface area contributed by atoms with Crippen LogP contribution in [0.15, 0.2) is 18.2 Å². The van der Waals surface area contributed by atoms with Crippen molar-refractivity contribution in [2.45, 2.75) is 25.4 Å². The molecule has 0 aliphatic heterocycles. The first kappa shape index (κ1) is 12.3. The van der Waals surface area contributed by atoms with Gasteiger partial charge in [-0.25, -0.2) is 4.39 Å². The Balaban J connectivity index is 1.96. The van der Waals surface area contributed by atoms with Crippen molar-refractivity contribution in [3.8, 4) is 0 Å². The topological polar surface area (TPSA) is 49.3 Å². The Hall–Kier alpha value is -1.13. The molecule has 0 aromatic heterocycles. The van der Waals surface area contributed by atoms with Crippen LogP contribution in [-0.2, 0) is 11.3 Å². The molecule has 17 heavy (non-hydrogen) atoms. The first-order valence-electron chi connectivity index (χ1n) is 5.48. The highest BCUT2D eigenvalue weighted by Crippen LogP contribution is 2.32. The molecule has 2 N–H and O–H groups in total. The van der Waals surface area contributed by atoms with E-state index in [0.29, 0.717) is 6.54 Å². The molecule has 1 aliphatic carbocycles. The number of halogens is 2. The second-order valence-electron chi connectivity index (χ2n) is 4.28. The summed E-state index contributed by atoms with van der Waals surface area (Å²) in [4.78, 5) is 11.0. The Morgan fingerprint density at radius 3 is 2.82 bits per heavy atom. The number of hydrogen-bond donors (Lipinski definition) is 2. The summed E-state index contributed by atoms with van der Waals surface area (Å²) in [5.41, 5.74) is 0.781. The lowest BCUT2D eigenvalue weighted by Crippen LogP contribution is -2.38. The zero-order valence-corrected chi connectivity index (χ0v) is 9.88. The molecule has 0 saturated heterocycles. The molecule has 0 radical (unpaired) electrons. The third kappa shape index (κ3) is 3.17. The monoisotopic (exact) mass is 257 g/mol. The molecule has 0 heterocycles. The Bertz CT molecular complexity index is 435. The second-order valence-corrected chi connectivity index (χ2v) is 4.69. The van der Waals surface area contributed by atoms with Gasteiger partial charge in [0.1, 0.15) is 11.9 Å². The molecule has 92 valence electrons. The van der Waals surface area contributed by atoms with Gasteiger partial charge in [0.2, 0.25) is 0 Å². The van der Waals surface area contributed by atoms with E-state index in [4.69, 9.17) is 16.7 Å². The summed E-state index contributed by atoms with van der Waals surface area (Å²) in [6.45, 7) is 0.382. The van der Waals surface area contributed by atoms with Gasteiger partial charge in [-0.15, -0.1) is 0 Å². The van der Waals surface area contributed by atoms with E-state index in [1.165, 1.54) is 12.1 Å². The van der Waals surface area contributed by atoms with Gasteiger partial charge in [0.05, 0.1) is 5.02 Å². The van der Waals surface area contributed by atoms with Crippen molar-refractivity contribution in [3.63, 3.8) is 0 Å². The molecule has 1 saturated carbocycles. The Morgan fingerprint density at radius 1 is 1.59 bits per heavy atom. The molecule has 1 unspecified atom stereocenters. The van der Waals surface area contributed by atoms with Gasteiger partial charge in [-0.1, -0.05) is 17.7 Å². The third-order valence-electron chi connectivity index (χ3n) is 2.87. The van der Waals surface area contributed by atoms with E-state index in [0.717, 1.165) is 18.4 Å². The van der Waals surface area contributed by atoms with Crippen LogP contribution >= 0.6 is 11.6 Å². The molecule has 1 aromatic rings. The molecule has 1 fully saturated rings. The highest BCUT2D eigenvalue weighted by Gasteiger charge is 2.35. The molecule has 1 aromatic carbocycles. The summed E-state index contributed by atoms with van der Waals surface area (Å²) in [5, 5.41) is 12.0. The fourth-order valence-electron chi connectivity index (χ4n) is 1.76. The number of rotatable bonds is 5. The summed E-state index contributed by atoms with van der Waals surface area (Å²) in [6.07, 6.45) is 1.91. The van der Waals surface area contributed by atoms with Crippen LogP contribution in [0, 0.1) is 11.7 Å². The average Bonchev–Trinajstić information content (AvgIpc) is 3.07. The summed E-state index contributed by atoms with van der Waals surface area (Å²) in [6, 6.07) is 3.88. The van der Waals surface area contributed by atoms with E-state index in [-0.39, 0.29) is 10.9 Å². The number of aliphatic carboxylic acids is 1. The lowest BCUT2D eigenvalue weighted by molar-refractivity contribution is -0.140. The van der Waals surface area contributed by atoms with Gasteiger partial charge in [0.15, 0.2) is 0 Å². The predicted octanol–water partition coefficient (Wildman–Crippen LogP) is 2.43. The number of carboxylic acids is 1. The van der Waals surface area contributed by atoms with Crippen LogP contribution in [0.5, 0.6) is 0 Å². The molecule has 0 spiro atoms. The van der Waals surface area contributed by atoms with Gasteiger partial charge in [0, 0.05) is 6.54 Å². The lowest BCUT2D eigenvalue weighted by Gasteiger charge is -2.13. The molecule has 1 aliphatic rings. The minimum Gasteiger partial charge on any atom is -0.480 e. The molecule has 2 rings (SSSR count). The van der Waals surface area contributed by atoms with E-state index in [1.807, 2.05) is 0 Å². The van der Waals surface area contributed by atoms with E-state index in [9.17, 15) is 9.18 Å². The van der Waals surface area contributed by atoms with Crippen LogP contribution < -0.4 is 5.32 Å². The Kier molecular flexibility index (Phi) is 3.64. The zero-order chi connectivity index (χ0) is 12.4. The standard InChI is InChI=1S/C12H13ClFNO2/c13-9-5-7(1-4-10(9)14)6-15-11(12(16)17)8-2-3-8/h1,4-5,8,11,15H,2-3,6H2,(H,16,17). The number of nitrogens with one attached hydrogen (secondary N) is 1. The fourth-order valence-corrected chi connectivity index (χ4v) is 1.97. The predicted molar refractivity (Wildman–Crippen MR) is 62.4 cm³/mol. The van der Waals surface area contributed by atoms with E-state index < -0.39 is 17.8 Å². The Morgan fingerprint density at radius 2 is 2.29 bits per heavy atom. The van der Waals surface area contributed by atoms with Crippen molar-refractivity contribution >= 4 is 17.6 Å². The SMILES string of the molecule is O=C(O)C(NCc1ccc(F)c(Cl)c1)C1CC1. The molecule has 0 amide bonds. The molecule has 5 heteroatoms. The number of hydrogen-bond acceptors (Lipinski definition) is 2. The van der Waals surface area contributed by atoms with Gasteiger partial charge in [-0.05, 0) is 36.5 Å². The second kappa shape index (κ2) is 5.02. The first-order chi connectivity index (χ1) is 8.08. The normalized spacial score (nSPS) is 16.8. The van der Waals surface area contributed by atoms with Gasteiger partial charge in [-0.2, -0.15) is 0 Å². The van der Waals surface area contributed by atoms with Crippen molar-refractivity contribution in [1.82, 2.24) is 5.32 Å². The summed E-state index contributed by atoms with van der Waals surface area (Å²) < 4.78 is 12.9. The highest BCUT2D eigenvalue weighted by atomic mass is 35.5. The zero-order valence-electron chi connectivity index (χ0n) is 9.12. The minimum absolute atomic E-state index is 0.0580. The molecular weight excluding hydrogens is 245 g/mol. The van der Waals surface area contributed by atoms with Crippen LogP contribution in [0.25, 0.3) is 0 Å².